The Bertz CT molecular complexity index is 1700. The second-order valence-electron chi connectivity index (χ2n) is 11.7. The van der Waals surface area contributed by atoms with Crippen molar-refractivity contribution in [1.29, 1.82) is 0 Å². The molecule has 0 aliphatic rings. The first-order valence-electron chi connectivity index (χ1n) is 16.6. The molecule has 51 heavy (non-hydrogen) atoms. The van der Waals surface area contributed by atoms with E-state index in [2.05, 4.69) is 48.5 Å². The molecular weight excluding hydrogens is 705 g/mol. The Morgan fingerprint density at radius 1 is 0.255 bits per heavy atom. The van der Waals surface area contributed by atoms with Crippen LogP contribution in [-0.4, -0.2) is 63.2 Å². The zero-order chi connectivity index (χ0) is 35.6. The van der Waals surface area contributed by atoms with Crippen LogP contribution >= 0.6 is 0 Å². The molecule has 0 saturated carbocycles. The molecule has 0 amide bonds. The Morgan fingerprint density at radius 2 is 0.451 bits per heavy atom. The average Bonchev–Trinajstić information content (AvgIpc) is 3.23. The Labute approximate surface area is 305 Å². The highest BCUT2D eigenvalue weighted by Gasteiger charge is 2.63. The summed E-state index contributed by atoms with van der Waals surface area (Å²) >= 11 is 0. The summed E-state index contributed by atoms with van der Waals surface area (Å²) in [6.45, 7) is 0. The van der Waals surface area contributed by atoms with Gasteiger partial charge in [0.25, 0.3) is 0 Å². The number of rotatable bonds is 16. The van der Waals surface area contributed by atoms with Crippen LogP contribution in [0.25, 0.3) is 0 Å². The van der Waals surface area contributed by atoms with Gasteiger partial charge in [-0.2, -0.15) is 0 Å². The number of hydrogen-bond acceptors (Lipinski definition) is 7. The Balaban J connectivity index is 1.73. The molecule has 0 N–H and O–H groups in total. The third-order valence-electron chi connectivity index (χ3n) is 8.79. The Morgan fingerprint density at radius 3 is 0.647 bits per heavy atom. The van der Waals surface area contributed by atoms with Crippen LogP contribution in [0, 0.1) is 0 Å². The molecule has 260 valence electrons. The van der Waals surface area contributed by atoms with Crippen LogP contribution < -0.4 is 31.1 Å². The second kappa shape index (κ2) is 16.5. The van der Waals surface area contributed by atoms with Crippen molar-refractivity contribution in [3.63, 3.8) is 0 Å². The molecule has 6 aromatic carbocycles. The van der Waals surface area contributed by atoms with E-state index in [9.17, 15) is 0 Å². The van der Waals surface area contributed by atoms with Crippen molar-refractivity contribution in [2.24, 2.45) is 0 Å². The van der Waals surface area contributed by atoms with E-state index in [1.807, 2.05) is 133 Å². The molecule has 0 fully saturated rings. The molecule has 6 aromatic rings. The third-order valence-corrected chi connectivity index (χ3v) is 24.1. The summed E-state index contributed by atoms with van der Waals surface area (Å²) in [5.41, 5.74) is 0. The zero-order valence-electron chi connectivity index (χ0n) is 29.2. The standard InChI is InChI=1S/C40H42O7Si4/c1-41-50(42-2,39-31-19-9-20-32-39)46-48(35-23-11-5-12-24-35,36-25-13-6-14-26-36)45-49(37-27-15-7-16-28-37,38-29-17-8-18-30-38)47-51(43-3,44-4)40-33-21-10-22-34-40/h5-34H,1-4H3. The highest BCUT2D eigenvalue weighted by Crippen LogP contribution is 2.27. The monoisotopic (exact) mass is 746 g/mol. The topological polar surface area (TPSA) is 64.6 Å². The van der Waals surface area contributed by atoms with Crippen molar-refractivity contribution >= 4 is 65.9 Å². The van der Waals surface area contributed by atoms with Gasteiger partial charge in [0.2, 0.25) is 0 Å². The first kappa shape index (κ1) is 36.7. The largest absolute Gasteiger partial charge is 0.528 e. The Kier molecular flexibility index (Phi) is 11.9. The zero-order valence-corrected chi connectivity index (χ0v) is 33.2. The molecule has 0 saturated heterocycles. The van der Waals surface area contributed by atoms with Gasteiger partial charge in [-0.3, -0.25) is 0 Å². The molecule has 11 heteroatoms. The first-order valence-corrected chi connectivity index (χ1v) is 23.7. The van der Waals surface area contributed by atoms with Gasteiger partial charge >= 0.3 is 34.7 Å². The lowest BCUT2D eigenvalue weighted by molar-refractivity contribution is 0.151. The first-order chi connectivity index (χ1) is 25.0. The van der Waals surface area contributed by atoms with Gasteiger partial charge in [0.1, 0.15) is 0 Å². The lowest BCUT2D eigenvalue weighted by Crippen LogP contribution is -2.81. The summed E-state index contributed by atoms with van der Waals surface area (Å²) in [6, 6.07) is 60.1. The highest BCUT2D eigenvalue weighted by molar-refractivity contribution is 7.09. The van der Waals surface area contributed by atoms with E-state index >= 15 is 0 Å². The van der Waals surface area contributed by atoms with E-state index in [4.69, 9.17) is 30.0 Å². The minimum absolute atomic E-state index is 0.803. The molecule has 6 rings (SSSR count). The molecule has 0 aliphatic carbocycles. The van der Waals surface area contributed by atoms with Crippen LogP contribution in [0.1, 0.15) is 0 Å². The van der Waals surface area contributed by atoms with Crippen LogP contribution in [0.2, 0.25) is 0 Å². The minimum atomic E-state index is -3.98. The Hall–Kier alpha value is -4.09. The molecule has 0 unspecified atom stereocenters. The molecule has 0 aliphatic heterocycles. The lowest BCUT2D eigenvalue weighted by Gasteiger charge is -2.46. The SMILES string of the molecule is CO[Si](OC)(O[Si](O[Si](O[Si](OC)(OC)c1ccccc1)(c1ccccc1)c1ccccc1)(c1ccccc1)c1ccccc1)c1ccccc1. The maximum atomic E-state index is 8.11. The van der Waals surface area contributed by atoms with Crippen LogP contribution in [0.15, 0.2) is 182 Å². The predicted octanol–water partition coefficient (Wildman–Crippen LogP) is 3.83. The fourth-order valence-corrected chi connectivity index (χ4v) is 23.7. The molecule has 0 atom stereocenters. The van der Waals surface area contributed by atoms with E-state index in [0.29, 0.717) is 0 Å². The van der Waals surface area contributed by atoms with Gasteiger partial charge in [0.15, 0.2) is 0 Å². The van der Waals surface area contributed by atoms with Gasteiger partial charge in [-0.1, -0.05) is 182 Å². The molecule has 0 aromatic heterocycles. The van der Waals surface area contributed by atoms with Crippen molar-refractivity contribution in [2.75, 3.05) is 28.4 Å². The van der Waals surface area contributed by atoms with Gasteiger partial charge in [0.05, 0.1) is 0 Å². The van der Waals surface area contributed by atoms with Crippen molar-refractivity contribution < 1.29 is 30.0 Å². The molecule has 7 nitrogen and oxygen atoms in total. The van der Waals surface area contributed by atoms with E-state index in [0.717, 1.165) is 31.1 Å². The fraction of sp³-hybridized carbons (Fsp3) is 0.100. The van der Waals surface area contributed by atoms with E-state index < -0.39 is 34.7 Å². The van der Waals surface area contributed by atoms with Gasteiger partial charge in [-0.15, -0.1) is 0 Å². The summed E-state index contributed by atoms with van der Waals surface area (Å²) in [7, 11) is -8.83. The third kappa shape index (κ3) is 7.33. The molecular formula is C40H42O7Si4. The molecule has 0 heterocycles. The predicted molar refractivity (Wildman–Crippen MR) is 211 cm³/mol. The van der Waals surface area contributed by atoms with Gasteiger partial charge < -0.3 is 30.0 Å². The van der Waals surface area contributed by atoms with Gasteiger partial charge in [-0.25, -0.2) is 0 Å². The van der Waals surface area contributed by atoms with E-state index in [1.165, 1.54) is 0 Å². The summed E-state index contributed by atoms with van der Waals surface area (Å²) in [5, 5.41) is 5.02. The smallest absolute Gasteiger partial charge is 0.402 e. The maximum Gasteiger partial charge on any atom is 0.528 e. The van der Waals surface area contributed by atoms with Crippen molar-refractivity contribution in [3.05, 3.63) is 182 Å². The average molecular weight is 747 g/mol. The van der Waals surface area contributed by atoms with Crippen LogP contribution in [0.3, 0.4) is 0 Å². The van der Waals surface area contributed by atoms with E-state index in [-0.39, 0.29) is 0 Å². The normalized spacial score (nSPS) is 12.5. The fourth-order valence-electron chi connectivity index (χ4n) is 6.26. The lowest BCUT2D eigenvalue weighted by atomic mass is 10.4. The van der Waals surface area contributed by atoms with Crippen LogP contribution in [0.5, 0.6) is 0 Å². The summed E-state index contributed by atoms with van der Waals surface area (Å²) in [5.74, 6) is 0. The minimum Gasteiger partial charge on any atom is -0.402 e. The highest BCUT2D eigenvalue weighted by atomic mass is 28.5. The molecule has 0 spiro atoms. The van der Waals surface area contributed by atoms with Crippen molar-refractivity contribution in [3.8, 4) is 0 Å². The van der Waals surface area contributed by atoms with E-state index in [1.54, 1.807) is 28.4 Å². The molecule has 0 bridgehead atoms. The second-order valence-corrected chi connectivity index (χ2v) is 23.9. The van der Waals surface area contributed by atoms with Crippen molar-refractivity contribution in [1.82, 2.24) is 0 Å². The summed E-state index contributed by atoms with van der Waals surface area (Å²) in [4.78, 5) is 0. The maximum absolute atomic E-state index is 8.11. The number of hydrogen-bond donors (Lipinski definition) is 0. The van der Waals surface area contributed by atoms with Crippen LogP contribution in [-0.2, 0) is 30.0 Å². The summed E-state index contributed by atoms with van der Waals surface area (Å²) < 4.78 is 49.0. The van der Waals surface area contributed by atoms with Gasteiger partial charge in [0, 0.05) is 38.8 Å². The van der Waals surface area contributed by atoms with Crippen molar-refractivity contribution in [2.45, 2.75) is 0 Å². The number of benzene rings is 6. The van der Waals surface area contributed by atoms with Gasteiger partial charge in [-0.05, 0) is 20.7 Å². The quantitative estimate of drug-likeness (QED) is 0.140. The summed E-state index contributed by atoms with van der Waals surface area (Å²) in [6.07, 6.45) is 0. The van der Waals surface area contributed by atoms with Crippen LogP contribution in [0.4, 0.5) is 0 Å². The molecule has 0 radical (unpaired) electrons.